The standard InChI is InChI=1S/C12H18BrN/c1-4-9(2)14-10(3)11-7-5-6-8-12(11)13/h5-10,14H,4H2,1-3H3/t9-,10+/m1/s1. The average Bonchev–Trinajstić information content (AvgIpc) is 2.18. The third kappa shape index (κ3) is 3.10. The molecule has 0 fully saturated rings. The summed E-state index contributed by atoms with van der Waals surface area (Å²) in [6.07, 6.45) is 1.16. The van der Waals surface area contributed by atoms with Gasteiger partial charge in [-0.25, -0.2) is 0 Å². The van der Waals surface area contributed by atoms with Gasteiger partial charge in [0.05, 0.1) is 0 Å². The molecular weight excluding hydrogens is 238 g/mol. The van der Waals surface area contributed by atoms with Gasteiger partial charge >= 0.3 is 0 Å². The molecule has 1 N–H and O–H groups in total. The van der Waals surface area contributed by atoms with Crippen LogP contribution in [0.2, 0.25) is 0 Å². The van der Waals surface area contributed by atoms with E-state index in [2.05, 4.69) is 60.2 Å². The van der Waals surface area contributed by atoms with E-state index < -0.39 is 0 Å². The van der Waals surface area contributed by atoms with E-state index in [9.17, 15) is 0 Å². The van der Waals surface area contributed by atoms with E-state index in [1.54, 1.807) is 0 Å². The SMILES string of the molecule is CC[C@@H](C)N[C@@H](C)c1ccccc1Br. The van der Waals surface area contributed by atoms with Crippen LogP contribution >= 0.6 is 15.9 Å². The molecule has 0 saturated carbocycles. The van der Waals surface area contributed by atoms with Crippen LogP contribution in [0.15, 0.2) is 28.7 Å². The number of nitrogens with one attached hydrogen (secondary N) is 1. The van der Waals surface area contributed by atoms with Gasteiger partial charge in [-0.2, -0.15) is 0 Å². The minimum Gasteiger partial charge on any atom is -0.308 e. The summed E-state index contributed by atoms with van der Waals surface area (Å²) in [5.41, 5.74) is 1.33. The van der Waals surface area contributed by atoms with Crippen LogP contribution in [0.3, 0.4) is 0 Å². The molecule has 0 amide bonds. The molecule has 0 unspecified atom stereocenters. The highest BCUT2D eigenvalue weighted by Gasteiger charge is 2.09. The van der Waals surface area contributed by atoms with Crippen molar-refractivity contribution in [2.75, 3.05) is 0 Å². The van der Waals surface area contributed by atoms with E-state index in [-0.39, 0.29) is 0 Å². The van der Waals surface area contributed by atoms with Crippen molar-refractivity contribution in [2.45, 2.75) is 39.3 Å². The molecule has 1 nitrogen and oxygen atoms in total. The van der Waals surface area contributed by atoms with Crippen LogP contribution in [0.5, 0.6) is 0 Å². The van der Waals surface area contributed by atoms with Crippen LogP contribution < -0.4 is 5.32 Å². The number of hydrogen-bond donors (Lipinski definition) is 1. The smallest absolute Gasteiger partial charge is 0.0305 e. The molecule has 0 spiro atoms. The Hall–Kier alpha value is -0.340. The van der Waals surface area contributed by atoms with Gasteiger partial charge in [0.2, 0.25) is 0 Å². The fourth-order valence-corrected chi connectivity index (χ4v) is 2.09. The summed E-state index contributed by atoms with van der Waals surface area (Å²) in [6, 6.07) is 9.34. The predicted octanol–water partition coefficient (Wildman–Crippen LogP) is 3.90. The number of benzene rings is 1. The van der Waals surface area contributed by atoms with Crippen molar-refractivity contribution in [1.29, 1.82) is 0 Å². The normalized spacial score (nSPS) is 15.1. The maximum Gasteiger partial charge on any atom is 0.0305 e. The lowest BCUT2D eigenvalue weighted by Crippen LogP contribution is -2.28. The number of hydrogen-bond acceptors (Lipinski definition) is 1. The molecule has 1 rings (SSSR count). The van der Waals surface area contributed by atoms with E-state index in [0.717, 1.165) is 6.42 Å². The van der Waals surface area contributed by atoms with Crippen LogP contribution in [-0.4, -0.2) is 6.04 Å². The molecule has 2 heteroatoms. The first-order chi connectivity index (χ1) is 6.65. The fourth-order valence-electron chi connectivity index (χ4n) is 1.46. The van der Waals surface area contributed by atoms with Crippen molar-refractivity contribution >= 4 is 15.9 Å². The van der Waals surface area contributed by atoms with E-state index in [1.807, 2.05) is 6.07 Å². The molecule has 1 aromatic rings. The van der Waals surface area contributed by atoms with E-state index in [0.29, 0.717) is 12.1 Å². The molecule has 0 aliphatic carbocycles. The Morgan fingerprint density at radius 2 is 1.93 bits per heavy atom. The van der Waals surface area contributed by atoms with Crippen molar-refractivity contribution < 1.29 is 0 Å². The van der Waals surface area contributed by atoms with Gasteiger partial charge in [0, 0.05) is 16.6 Å². The third-order valence-electron chi connectivity index (χ3n) is 2.52. The Kier molecular flexibility index (Phi) is 4.63. The van der Waals surface area contributed by atoms with Crippen LogP contribution in [0.1, 0.15) is 38.8 Å². The Labute approximate surface area is 95.0 Å². The summed E-state index contributed by atoms with van der Waals surface area (Å²) in [5, 5.41) is 3.56. The van der Waals surface area contributed by atoms with Crippen LogP contribution in [0.25, 0.3) is 0 Å². The summed E-state index contributed by atoms with van der Waals surface area (Å²) >= 11 is 3.57. The summed E-state index contributed by atoms with van der Waals surface area (Å²) in [4.78, 5) is 0. The molecule has 0 bridgehead atoms. The zero-order valence-electron chi connectivity index (χ0n) is 9.05. The zero-order valence-corrected chi connectivity index (χ0v) is 10.6. The molecule has 0 radical (unpaired) electrons. The first-order valence-corrected chi connectivity index (χ1v) is 5.95. The number of halogens is 1. The maximum atomic E-state index is 3.57. The second kappa shape index (κ2) is 5.52. The van der Waals surface area contributed by atoms with Gasteiger partial charge in [-0.15, -0.1) is 0 Å². The molecule has 14 heavy (non-hydrogen) atoms. The fraction of sp³-hybridized carbons (Fsp3) is 0.500. The zero-order chi connectivity index (χ0) is 10.6. The Morgan fingerprint density at radius 3 is 2.50 bits per heavy atom. The lowest BCUT2D eigenvalue weighted by molar-refractivity contribution is 0.468. The van der Waals surface area contributed by atoms with Crippen molar-refractivity contribution in [1.82, 2.24) is 5.32 Å². The summed E-state index contributed by atoms with van der Waals surface area (Å²) in [5.74, 6) is 0. The molecule has 2 atom stereocenters. The monoisotopic (exact) mass is 255 g/mol. The molecule has 0 heterocycles. The van der Waals surface area contributed by atoms with Gasteiger partial charge < -0.3 is 5.32 Å². The van der Waals surface area contributed by atoms with Gasteiger partial charge in [0.15, 0.2) is 0 Å². The molecule has 78 valence electrons. The predicted molar refractivity (Wildman–Crippen MR) is 65.4 cm³/mol. The minimum atomic E-state index is 0.403. The first-order valence-electron chi connectivity index (χ1n) is 5.15. The lowest BCUT2D eigenvalue weighted by Gasteiger charge is -2.20. The van der Waals surface area contributed by atoms with Gasteiger partial charge in [0.25, 0.3) is 0 Å². The first kappa shape index (κ1) is 11.7. The molecule has 0 aliphatic heterocycles. The van der Waals surface area contributed by atoms with Crippen molar-refractivity contribution in [3.8, 4) is 0 Å². The summed E-state index contributed by atoms with van der Waals surface area (Å²) in [7, 11) is 0. The number of rotatable bonds is 4. The molecule has 0 aromatic heterocycles. The van der Waals surface area contributed by atoms with E-state index in [1.165, 1.54) is 10.0 Å². The van der Waals surface area contributed by atoms with Gasteiger partial charge in [-0.1, -0.05) is 41.1 Å². The molecule has 0 saturated heterocycles. The third-order valence-corrected chi connectivity index (χ3v) is 3.24. The Bertz CT molecular complexity index is 285. The van der Waals surface area contributed by atoms with Crippen LogP contribution in [0.4, 0.5) is 0 Å². The Morgan fingerprint density at radius 1 is 1.29 bits per heavy atom. The lowest BCUT2D eigenvalue weighted by atomic mass is 10.1. The van der Waals surface area contributed by atoms with E-state index >= 15 is 0 Å². The van der Waals surface area contributed by atoms with E-state index in [4.69, 9.17) is 0 Å². The second-order valence-electron chi connectivity index (χ2n) is 3.72. The Balaban J connectivity index is 2.69. The largest absolute Gasteiger partial charge is 0.308 e. The van der Waals surface area contributed by atoms with Gasteiger partial charge in [0.1, 0.15) is 0 Å². The van der Waals surface area contributed by atoms with Crippen LogP contribution in [-0.2, 0) is 0 Å². The summed E-state index contributed by atoms with van der Waals surface area (Å²) < 4.78 is 1.18. The average molecular weight is 256 g/mol. The highest BCUT2D eigenvalue weighted by atomic mass is 79.9. The maximum absolute atomic E-state index is 3.57. The topological polar surface area (TPSA) is 12.0 Å². The highest BCUT2D eigenvalue weighted by molar-refractivity contribution is 9.10. The molecule has 0 aliphatic rings. The molecule has 1 aromatic carbocycles. The van der Waals surface area contributed by atoms with Crippen LogP contribution in [0, 0.1) is 0 Å². The molecular formula is C12H18BrN. The highest BCUT2D eigenvalue weighted by Crippen LogP contribution is 2.23. The van der Waals surface area contributed by atoms with Crippen molar-refractivity contribution in [2.24, 2.45) is 0 Å². The minimum absolute atomic E-state index is 0.403. The van der Waals surface area contributed by atoms with Gasteiger partial charge in [-0.05, 0) is 31.9 Å². The second-order valence-corrected chi connectivity index (χ2v) is 4.57. The summed E-state index contributed by atoms with van der Waals surface area (Å²) in [6.45, 7) is 6.62. The quantitative estimate of drug-likeness (QED) is 0.861. The van der Waals surface area contributed by atoms with Crippen molar-refractivity contribution in [3.63, 3.8) is 0 Å². The van der Waals surface area contributed by atoms with Gasteiger partial charge in [-0.3, -0.25) is 0 Å². The van der Waals surface area contributed by atoms with Crippen molar-refractivity contribution in [3.05, 3.63) is 34.3 Å².